The van der Waals surface area contributed by atoms with Gasteiger partial charge in [0.05, 0.1) is 12.9 Å². The van der Waals surface area contributed by atoms with Gasteiger partial charge >= 0.3 is 0 Å². The third-order valence-electron chi connectivity index (χ3n) is 2.73. The van der Waals surface area contributed by atoms with E-state index in [9.17, 15) is 9.90 Å². The second-order valence-corrected chi connectivity index (χ2v) is 4.14. The zero-order valence-corrected chi connectivity index (χ0v) is 9.16. The Morgan fingerprint density at radius 2 is 2.50 bits per heavy atom. The molecule has 2 N–H and O–H groups in total. The molecular formula is C11H15NO4. The Morgan fingerprint density at radius 1 is 1.69 bits per heavy atom. The van der Waals surface area contributed by atoms with Gasteiger partial charge in [0.2, 0.25) is 0 Å². The maximum Gasteiger partial charge on any atom is 0.287 e. The van der Waals surface area contributed by atoms with Crippen LogP contribution >= 0.6 is 0 Å². The van der Waals surface area contributed by atoms with Gasteiger partial charge in [-0.25, -0.2) is 0 Å². The molecule has 0 aromatic carbocycles. The minimum atomic E-state index is -0.934. The van der Waals surface area contributed by atoms with E-state index < -0.39 is 5.60 Å². The SMILES string of the molecule is Cc1ccoc1C(=O)NCC1(O)CCOC1. The van der Waals surface area contributed by atoms with E-state index in [0.717, 1.165) is 5.56 Å². The third kappa shape index (κ3) is 2.25. The van der Waals surface area contributed by atoms with Crippen molar-refractivity contribution in [2.24, 2.45) is 0 Å². The fourth-order valence-electron chi connectivity index (χ4n) is 1.67. The van der Waals surface area contributed by atoms with Crippen molar-refractivity contribution < 1.29 is 19.1 Å². The number of carbonyl (C=O) groups is 1. The normalized spacial score (nSPS) is 24.6. The summed E-state index contributed by atoms with van der Waals surface area (Å²) in [5.41, 5.74) is -0.150. The molecule has 1 saturated heterocycles. The zero-order chi connectivity index (χ0) is 11.6. The molecule has 1 aliphatic heterocycles. The van der Waals surface area contributed by atoms with Gasteiger partial charge < -0.3 is 19.6 Å². The highest BCUT2D eigenvalue weighted by Crippen LogP contribution is 2.17. The number of aryl methyl sites for hydroxylation is 1. The predicted molar refractivity (Wildman–Crippen MR) is 56.2 cm³/mol. The van der Waals surface area contributed by atoms with Gasteiger partial charge in [-0.2, -0.15) is 0 Å². The van der Waals surface area contributed by atoms with E-state index in [2.05, 4.69) is 5.32 Å². The van der Waals surface area contributed by atoms with Crippen molar-refractivity contribution in [2.75, 3.05) is 19.8 Å². The zero-order valence-electron chi connectivity index (χ0n) is 9.16. The van der Waals surface area contributed by atoms with Crippen molar-refractivity contribution in [2.45, 2.75) is 18.9 Å². The lowest BCUT2D eigenvalue weighted by atomic mass is 10.0. The lowest BCUT2D eigenvalue weighted by Crippen LogP contribution is -2.43. The van der Waals surface area contributed by atoms with E-state index in [4.69, 9.17) is 9.15 Å². The van der Waals surface area contributed by atoms with Crippen molar-refractivity contribution in [3.8, 4) is 0 Å². The minimum absolute atomic E-state index is 0.186. The fourth-order valence-corrected chi connectivity index (χ4v) is 1.67. The van der Waals surface area contributed by atoms with E-state index in [1.54, 1.807) is 13.0 Å². The van der Waals surface area contributed by atoms with Gasteiger partial charge in [-0.05, 0) is 13.0 Å². The maximum atomic E-state index is 11.7. The first kappa shape index (κ1) is 11.2. The molecule has 2 heterocycles. The second kappa shape index (κ2) is 4.27. The number of nitrogens with one attached hydrogen (secondary N) is 1. The van der Waals surface area contributed by atoms with Crippen molar-refractivity contribution in [1.29, 1.82) is 0 Å². The third-order valence-corrected chi connectivity index (χ3v) is 2.73. The Morgan fingerprint density at radius 3 is 3.06 bits per heavy atom. The molecule has 5 nitrogen and oxygen atoms in total. The molecular weight excluding hydrogens is 210 g/mol. The molecule has 2 rings (SSSR count). The van der Waals surface area contributed by atoms with Gasteiger partial charge in [0.25, 0.3) is 5.91 Å². The molecule has 88 valence electrons. The lowest BCUT2D eigenvalue weighted by Gasteiger charge is -2.20. The van der Waals surface area contributed by atoms with Gasteiger partial charge in [-0.3, -0.25) is 4.79 Å². The summed E-state index contributed by atoms with van der Waals surface area (Å²) in [5, 5.41) is 12.6. The van der Waals surface area contributed by atoms with Crippen LogP contribution in [-0.2, 0) is 4.74 Å². The van der Waals surface area contributed by atoms with E-state index in [0.29, 0.717) is 18.8 Å². The van der Waals surface area contributed by atoms with E-state index in [-0.39, 0.29) is 19.1 Å². The first-order valence-corrected chi connectivity index (χ1v) is 5.23. The molecule has 1 atom stereocenters. The smallest absolute Gasteiger partial charge is 0.287 e. The van der Waals surface area contributed by atoms with Gasteiger partial charge in [0.15, 0.2) is 5.76 Å². The molecule has 16 heavy (non-hydrogen) atoms. The number of ether oxygens (including phenoxy) is 1. The molecule has 1 aliphatic rings. The van der Waals surface area contributed by atoms with Crippen molar-refractivity contribution in [1.82, 2.24) is 5.32 Å². The van der Waals surface area contributed by atoms with Crippen LogP contribution < -0.4 is 5.32 Å². The largest absolute Gasteiger partial charge is 0.459 e. The summed E-state index contributed by atoms with van der Waals surface area (Å²) >= 11 is 0. The number of hydrogen-bond donors (Lipinski definition) is 2. The summed E-state index contributed by atoms with van der Waals surface area (Å²) in [5.74, 6) is -0.00894. The average Bonchev–Trinajstić information content (AvgIpc) is 2.85. The van der Waals surface area contributed by atoms with Crippen molar-refractivity contribution in [3.63, 3.8) is 0 Å². The highest BCUT2D eigenvalue weighted by Gasteiger charge is 2.32. The minimum Gasteiger partial charge on any atom is -0.459 e. The number of furan rings is 1. The molecule has 1 unspecified atom stereocenters. The van der Waals surface area contributed by atoms with Crippen LogP contribution in [0.3, 0.4) is 0 Å². The molecule has 1 amide bonds. The van der Waals surface area contributed by atoms with Crippen LogP contribution in [0.25, 0.3) is 0 Å². The molecule has 0 radical (unpaired) electrons. The summed E-state index contributed by atoms with van der Waals surface area (Å²) in [6, 6.07) is 1.72. The Labute approximate surface area is 93.4 Å². The number of hydrogen-bond acceptors (Lipinski definition) is 4. The van der Waals surface area contributed by atoms with Crippen LogP contribution in [-0.4, -0.2) is 36.4 Å². The summed E-state index contributed by atoms with van der Waals surface area (Å²) in [7, 11) is 0. The van der Waals surface area contributed by atoms with E-state index in [1.807, 2.05) is 0 Å². The number of aliphatic hydroxyl groups is 1. The van der Waals surface area contributed by atoms with Gasteiger partial charge in [0, 0.05) is 25.1 Å². The standard InChI is InChI=1S/C11H15NO4/c1-8-2-4-16-9(8)10(13)12-6-11(14)3-5-15-7-11/h2,4,14H,3,5-7H2,1H3,(H,12,13). The van der Waals surface area contributed by atoms with Crippen LogP contribution in [0.4, 0.5) is 0 Å². The van der Waals surface area contributed by atoms with Gasteiger partial charge in [0.1, 0.15) is 5.60 Å². The predicted octanol–water partition coefficient (Wildman–Crippen LogP) is 0.469. The highest BCUT2D eigenvalue weighted by molar-refractivity contribution is 5.92. The molecule has 1 fully saturated rings. The maximum absolute atomic E-state index is 11.7. The molecule has 0 saturated carbocycles. The average molecular weight is 225 g/mol. The summed E-state index contributed by atoms with van der Waals surface area (Å²) in [4.78, 5) is 11.7. The highest BCUT2D eigenvalue weighted by atomic mass is 16.5. The Balaban J connectivity index is 1.91. The van der Waals surface area contributed by atoms with E-state index >= 15 is 0 Å². The topological polar surface area (TPSA) is 71.7 Å². The van der Waals surface area contributed by atoms with Gasteiger partial charge in [-0.15, -0.1) is 0 Å². The summed E-state index contributed by atoms with van der Waals surface area (Å²) < 4.78 is 10.1. The number of carbonyl (C=O) groups excluding carboxylic acids is 1. The molecule has 1 aromatic rings. The van der Waals surface area contributed by atoms with Crippen LogP contribution in [0.2, 0.25) is 0 Å². The van der Waals surface area contributed by atoms with Crippen molar-refractivity contribution >= 4 is 5.91 Å². The molecule has 5 heteroatoms. The van der Waals surface area contributed by atoms with Crippen LogP contribution in [0.15, 0.2) is 16.7 Å². The first-order chi connectivity index (χ1) is 7.61. The quantitative estimate of drug-likeness (QED) is 0.784. The van der Waals surface area contributed by atoms with Crippen LogP contribution in [0.5, 0.6) is 0 Å². The second-order valence-electron chi connectivity index (χ2n) is 4.14. The molecule has 0 aliphatic carbocycles. The van der Waals surface area contributed by atoms with Crippen LogP contribution in [0, 0.1) is 6.92 Å². The Bertz CT molecular complexity index is 379. The van der Waals surface area contributed by atoms with Crippen LogP contribution in [0.1, 0.15) is 22.5 Å². The molecule has 1 aromatic heterocycles. The van der Waals surface area contributed by atoms with E-state index in [1.165, 1.54) is 6.26 Å². The number of rotatable bonds is 3. The molecule has 0 bridgehead atoms. The number of amides is 1. The monoisotopic (exact) mass is 225 g/mol. The Kier molecular flexibility index (Phi) is 2.98. The fraction of sp³-hybridized carbons (Fsp3) is 0.545. The van der Waals surface area contributed by atoms with Crippen molar-refractivity contribution in [3.05, 3.63) is 23.7 Å². The van der Waals surface area contributed by atoms with Gasteiger partial charge in [-0.1, -0.05) is 0 Å². The Hall–Kier alpha value is -1.33. The first-order valence-electron chi connectivity index (χ1n) is 5.23. The summed E-state index contributed by atoms with van der Waals surface area (Å²) in [6.45, 7) is 2.79. The lowest BCUT2D eigenvalue weighted by molar-refractivity contribution is 0.0261. The summed E-state index contributed by atoms with van der Waals surface area (Å²) in [6.07, 6.45) is 2.02. The molecule has 0 spiro atoms.